The second-order valence-corrected chi connectivity index (χ2v) is 7.50. The van der Waals surface area contributed by atoms with Gasteiger partial charge >= 0.3 is 0 Å². The van der Waals surface area contributed by atoms with Crippen LogP contribution in [-0.4, -0.2) is 101 Å². The molecule has 0 spiro atoms. The van der Waals surface area contributed by atoms with E-state index in [-0.39, 0.29) is 6.67 Å². The number of hydrogen-bond donors (Lipinski definition) is 5. The van der Waals surface area contributed by atoms with E-state index in [4.69, 9.17) is 16.2 Å². The Balaban J connectivity index is 1.64. The number of nitrogen functional groups attached to an aromatic ring is 1. The minimum atomic E-state index is -0.989. The topological polar surface area (TPSA) is 146 Å². The molecule has 3 rings (SSSR count). The zero-order valence-electron chi connectivity index (χ0n) is 16.0. The maximum atomic E-state index is 10.5. The molecule has 0 unspecified atom stereocenters. The van der Waals surface area contributed by atoms with Crippen LogP contribution in [0.15, 0.2) is 6.33 Å². The fraction of sp³-hybridized carbons (Fsp3) is 0.765. The van der Waals surface area contributed by atoms with Crippen LogP contribution in [0.2, 0.25) is 0 Å². The van der Waals surface area contributed by atoms with E-state index >= 15 is 0 Å². The van der Waals surface area contributed by atoms with Crippen molar-refractivity contribution >= 4 is 11.5 Å². The van der Waals surface area contributed by atoms with Crippen molar-refractivity contribution in [1.29, 1.82) is 0 Å². The van der Waals surface area contributed by atoms with E-state index in [9.17, 15) is 10.2 Å². The predicted octanol–water partition coefficient (Wildman–Crippen LogP) is -1.95. The third kappa shape index (κ3) is 4.48. The van der Waals surface area contributed by atoms with Crippen LogP contribution >= 0.6 is 0 Å². The van der Waals surface area contributed by atoms with Crippen molar-refractivity contribution in [3.8, 4) is 0 Å². The Morgan fingerprint density at radius 2 is 2.07 bits per heavy atom. The molecule has 3 heterocycles. The van der Waals surface area contributed by atoms with E-state index < -0.39 is 24.4 Å². The van der Waals surface area contributed by atoms with E-state index in [0.717, 1.165) is 19.5 Å². The Hall–Kier alpha value is -1.56. The summed E-state index contributed by atoms with van der Waals surface area (Å²) in [6.45, 7) is 2.82. The smallest absolute Gasteiger partial charge is 0.150 e. The zero-order chi connectivity index (χ0) is 19.6. The number of nitrogens with one attached hydrogen (secondary N) is 1. The lowest BCUT2D eigenvalue weighted by Gasteiger charge is -2.28. The number of anilines is 2. The number of nitrogens with two attached hydrogens (primary N) is 2. The number of nitrogens with zero attached hydrogens (tertiary/aromatic N) is 4. The Morgan fingerprint density at radius 1 is 1.33 bits per heavy atom. The number of likely N-dealkylation sites (tertiary alicyclic amines) is 1. The monoisotopic (exact) mass is 381 g/mol. The number of rotatable bonds is 7. The lowest BCUT2D eigenvalue weighted by atomic mass is 10.0. The highest BCUT2D eigenvalue weighted by molar-refractivity contribution is 5.64. The number of likely N-dealkylation sites (N-methyl/N-ethyl adjacent to an activating group) is 2. The van der Waals surface area contributed by atoms with Gasteiger partial charge < -0.3 is 36.6 Å². The summed E-state index contributed by atoms with van der Waals surface area (Å²) in [4.78, 5) is 12.7. The molecule has 0 bridgehead atoms. The molecular formula is C17H31N7O3. The third-order valence-electron chi connectivity index (χ3n) is 5.55. The first-order valence-corrected chi connectivity index (χ1v) is 9.34. The number of hydrogen-bond acceptors (Lipinski definition) is 10. The van der Waals surface area contributed by atoms with Crippen molar-refractivity contribution in [2.75, 3.05) is 51.4 Å². The Bertz CT molecular complexity index is 635. The molecular weight excluding hydrogens is 350 g/mol. The van der Waals surface area contributed by atoms with Crippen LogP contribution in [0, 0.1) is 0 Å². The van der Waals surface area contributed by atoms with Crippen molar-refractivity contribution < 1.29 is 14.9 Å². The van der Waals surface area contributed by atoms with Crippen LogP contribution in [-0.2, 0) is 11.2 Å². The Kier molecular flexibility index (Phi) is 6.45. The Labute approximate surface area is 159 Å². The van der Waals surface area contributed by atoms with Crippen molar-refractivity contribution in [2.45, 2.75) is 43.3 Å². The zero-order valence-corrected chi connectivity index (χ0v) is 16.0. The fourth-order valence-corrected chi connectivity index (χ4v) is 3.93. The maximum Gasteiger partial charge on any atom is 0.150 e. The third-order valence-corrected chi connectivity index (χ3v) is 5.55. The summed E-state index contributed by atoms with van der Waals surface area (Å²) < 4.78 is 6.00. The van der Waals surface area contributed by atoms with Crippen LogP contribution in [0.4, 0.5) is 11.5 Å². The molecule has 1 aromatic rings. The summed E-state index contributed by atoms with van der Waals surface area (Å²) >= 11 is 0. The standard InChI is InChI=1S/C17H31N7O3/c1-23-4-3-10(6-23)24(2)7-13-16(26)15(25)12(27-13)5-11-14(20-8-18)17(19)22-9-21-11/h9-10,12-13,15-16,20,25-26H,3-8,18H2,1-2H3,(H2,19,21,22)/t10-,12+,13-,15+,16-/m1/s1. The van der Waals surface area contributed by atoms with Gasteiger partial charge in [-0.15, -0.1) is 0 Å². The minimum absolute atomic E-state index is 0.185. The molecule has 10 heteroatoms. The molecule has 10 nitrogen and oxygen atoms in total. The van der Waals surface area contributed by atoms with Crippen molar-refractivity contribution in [2.24, 2.45) is 5.73 Å². The normalized spacial score (nSPS) is 31.7. The van der Waals surface area contributed by atoms with Crippen LogP contribution in [0.5, 0.6) is 0 Å². The van der Waals surface area contributed by atoms with Crippen molar-refractivity contribution in [1.82, 2.24) is 19.8 Å². The highest BCUT2D eigenvalue weighted by Gasteiger charge is 2.44. The second-order valence-electron chi connectivity index (χ2n) is 7.50. The van der Waals surface area contributed by atoms with Gasteiger partial charge in [0.05, 0.1) is 30.3 Å². The summed E-state index contributed by atoms with van der Waals surface area (Å²) in [5.41, 5.74) is 12.6. The summed E-state index contributed by atoms with van der Waals surface area (Å²) in [6.07, 6.45) is -0.191. The van der Waals surface area contributed by atoms with Crippen LogP contribution in [0.25, 0.3) is 0 Å². The molecule has 0 saturated carbocycles. The minimum Gasteiger partial charge on any atom is -0.388 e. The Morgan fingerprint density at radius 3 is 2.74 bits per heavy atom. The van der Waals surface area contributed by atoms with Gasteiger partial charge in [-0.25, -0.2) is 9.97 Å². The van der Waals surface area contributed by atoms with Gasteiger partial charge in [0.2, 0.25) is 0 Å². The molecule has 2 aliphatic rings. The molecule has 0 aliphatic carbocycles. The number of aliphatic hydroxyl groups is 2. The summed E-state index contributed by atoms with van der Waals surface area (Å²) in [5.74, 6) is 0.292. The fourth-order valence-electron chi connectivity index (χ4n) is 3.93. The summed E-state index contributed by atoms with van der Waals surface area (Å²) in [7, 11) is 4.14. The van der Waals surface area contributed by atoms with E-state index in [1.54, 1.807) is 0 Å². The molecule has 0 amide bonds. The molecule has 0 radical (unpaired) electrons. The first-order chi connectivity index (χ1) is 12.9. The average Bonchev–Trinajstić information content (AvgIpc) is 3.18. The molecule has 1 aromatic heterocycles. The summed E-state index contributed by atoms with van der Waals surface area (Å²) in [5, 5.41) is 23.9. The molecule has 2 saturated heterocycles. The predicted molar refractivity (Wildman–Crippen MR) is 102 cm³/mol. The van der Waals surface area contributed by atoms with Gasteiger partial charge in [-0.2, -0.15) is 0 Å². The molecule has 7 N–H and O–H groups in total. The van der Waals surface area contributed by atoms with Crippen LogP contribution in [0.1, 0.15) is 12.1 Å². The van der Waals surface area contributed by atoms with E-state index in [0.29, 0.717) is 36.2 Å². The highest BCUT2D eigenvalue weighted by Crippen LogP contribution is 2.28. The quantitative estimate of drug-likeness (QED) is 0.338. The largest absolute Gasteiger partial charge is 0.388 e. The van der Waals surface area contributed by atoms with Gasteiger partial charge in [0, 0.05) is 25.6 Å². The first kappa shape index (κ1) is 20.2. The molecule has 152 valence electrons. The molecule has 5 atom stereocenters. The second kappa shape index (κ2) is 8.63. The SMILES string of the molecule is CN1CC[C@@H](N(C)C[C@H]2O[C@@H](Cc3ncnc(N)c3NCN)[C@H](O)[C@@H]2O)C1. The van der Waals surface area contributed by atoms with Gasteiger partial charge in [-0.3, -0.25) is 4.90 Å². The van der Waals surface area contributed by atoms with Gasteiger partial charge in [-0.05, 0) is 27.1 Å². The molecule has 0 aromatic carbocycles. The number of aliphatic hydroxyl groups excluding tert-OH is 2. The molecule has 2 aliphatic heterocycles. The summed E-state index contributed by atoms with van der Waals surface area (Å²) in [6, 6.07) is 0.434. The van der Waals surface area contributed by atoms with Crippen LogP contribution < -0.4 is 16.8 Å². The van der Waals surface area contributed by atoms with Gasteiger partial charge in [0.1, 0.15) is 18.5 Å². The van der Waals surface area contributed by atoms with Crippen LogP contribution in [0.3, 0.4) is 0 Å². The highest BCUT2D eigenvalue weighted by atomic mass is 16.5. The lowest BCUT2D eigenvalue weighted by molar-refractivity contribution is -0.0123. The van der Waals surface area contributed by atoms with E-state index in [1.807, 2.05) is 7.05 Å². The van der Waals surface area contributed by atoms with Crippen molar-refractivity contribution in [3.05, 3.63) is 12.0 Å². The van der Waals surface area contributed by atoms with Gasteiger partial charge in [0.25, 0.3) is 0 Å². The molecule has 27 heavy (non-hydrogen) atoms. The van der Waals surface area contributed by atoms with E-state index in [2.05, 4.69) is 32.1 Å². The average molecular weight is 381 g/mol. The number of aromatic nitrogens is 2. The first-order valence-electron chi connectivity index (χ1n) is 9.34. The lowest BCUT2D eigenvalue weighted by Crippen LogP contribution is -2.43. The maximum absolute atomic E-state index is 10.5. The number of ether oxygens (including phenoxy) is 1. The van der Waals surface area contributed by atoms with E-state index in [1.165, 1.54) is 6.33 Å². The molecule has 2 fully saturated rings. The van der Waals surface area contributed by atoms with Gasteiger partial charge in [0.15, 0.2) is 5.82 Å². The van der Waals surface area contributed by atoms with Gasteiger partial charge in [-0.1, -0.05) is 0 Å². The van der Waals surface area contributed by atoms with Crippen molar-refractivity contribution in [3.63, 3.8) is 0 Å².